The van der Waals surface area contributed by atoms with Crippen LogP contribution in [0.5, 0.6) is 6.01 Å². The number of rotatable bonds is 8. The fourth-order valence-electron chi connectivity index (χ4n) is 2.48. The molecule has 1 amide bonds. The van der Waals surface area contributed by atoms with Gasteiger partial charge in [0.1, 0.15) is 12.5 Å². The highest BCUT2D eigenvalue weighted by Crippen LogP contribution is 2.30. The largest absolute Gasteiger partial charge is 0.460 e. The number of alkyl halides is 1. The van der Waals surface area contributed by atoms with Gasteiger partial charge in [-0.05, 0) is 36.4 Å². The summed E-state index contributed by atoms with van der Waals surface area (Å²) in [7, 11) is 1.58. The fourth-order valence-corrected chi connectivity index (χ4v) is 2.85. The van der Waals surface area contributed by atoms with Gasteiger partial charge in [-0.2, -0.15) is 4.98 Å². The van der Waals surface area contributed by atoms with E-state index in [1.54, 1.807) is 48.2 Å². The van der Waals surface area contributed by atoms with Crippen LogP contribution in [0.15, 0.2) is 42.5 Å². The van der Waals surface area contributed by atoms with E-state index in [1.807, 2.05) is 6.07 Å². The van der Waals surface area contributed by atoms with Gasteiger partial charge in [-0.15, -0.1) is 16.7 Å². The highest BCUT2D eigenvalue weighted by molar-refractivity contribution is 6.42. The minimum absolute atomic E-state index is 0.139. The Morgan fingerprint density at radius 1 is 1.14 bits per heavy atom. The molecule has 0 bridgehead atoms. The second kappa shape index (κ2) is 9.93. The molecular weight excluding hydrogens is 439 g/mol. The number of carbonyl (C=O) groups is 1. The average Bonchev–Trinajstić information content (AvgIpc) is 3.14. The summed E-state index contributed by atoms with van der Waals surface area (Å²) in [5, 5.41) is 7.97. The zero-order valence-electron chi connectivity index (χ0n) is 15.4. The van der Waals surface area contributed by atoms with Crippen molar-refractivity contribution in [3.63, 3.8) is 0 Å². The molecule has 29 heavy (non-hydrogen) atoms. The number of carbonyl (C=O) groups excluding carboxylic acids is 1. The first kappa shape index (κ1) is 21.4. The number of nitrogens with zero attached hydrogens (tertiary/aromatic N) is 3. The molecule has 3 aromatic rings. The van der Waals surface area contributed by atoms with Crippen molar-refractivity contribution in [1.29, 1.82) is 0 Å². The third kappa shape index (κ3) is 5.39. The van der Waals surface area contributed by atoms with E-state index >= 15 is 0 Å². The minimum atomic E-state index is -0.310. The third-order valence-corrected chi connectivity index (χ3v) is 4.76. The van der Waals surface area contributed by atoms with Crippen molar-refractivity contribution in [2.24, 2.45) is 0 Å². The lowest BCUT2D eigenvalue weighted by atomic mass is 10.2. The Morgan fingerprint density at radius 3 is 2.69 bits per heavy atom. The average molecular weight is 456 g/mol. The van der Waals surface area contributed by atoms with Gasteiger partial charge in [-0.3, -0.25) is 4.79 Å². The van der Waals surface area contributed by atoms with E-state index < -0.39 is 0 Å². The molecule has 0 aliphatic rings. The Kier molecular flexibility index (Phi) is 7.33. The maximum absolute atomic E-state index is 11.6. The Morgan fingerprint density at radius 2 is 1.97 bits per heavy atom. The van der Waals surface area contributed by atoms with Gasteiger partial charge in [0, 0.05) is 18.4 Å². The van der Waals surface area contributed by atoms with Gasteiger partial charge in [0.2, 0.25) is 5.91 Å². The molecule has 152 valence electrons. The summed E-state index contributed by atoms with van der Waals surface area (Å²) in [6.07, 6.45) is 0. The smallest absolute Gasteiger partial charge is 0.336 e. The molecule has 1 N–H and O–H groups in total. The van der Waals surface area contributed by atoms with E-state index in [0.29, 0.717) is 46.0 Å². The number of aromatic nitrogens is 3. The Labute approximate surface area is 182 Å². The second-order valence-electron chi connectivity index (χ2n) is 5.83. The number of hydrogen-bond acceptors (Lipinski definition) is 5. The molecule has 0 spiro atoms. The molecule has 0 fully saturated rings. The molecule has 3 rings (SSSR count). The predicted molar refractivity (Wildman–Crippen MR) is 114 cm³/mol. The molecule has 2 aromatic carbocycles. The number of nitrogens with one attached hydrogen (secondary N) is 1. The van der Waals surface area contributed by atoms with E-state index in [4.69, 9.17) is 44.3 Å². The molecule has 1 heterocycles. The van der Waals surface area contributed by atoms with Gasteiger partial charge in [0.15, 0.2) is 5.82 Å². The van der Waals surface area contributed by atoms with Crippen molar-refractivity contribution in [2.45, 2.75) is 0 Å². The highest BCUT2D eigenvalue weighted by atomic mass is 35.5. The number of benzene rings is 2. The summed E-state index contributed by atoms with van der Waals surface area (Å²) in [5.41, 5.74) is 1.93. The Balaban J connectivity index is 2.03. The standard InChI is InChI=1S/C19H17Cl3N4O3/c1-28-7-8-29-19-24-18(12-5-6-15(21)16(22)9-12)26(25-19)14-4-2-3-13(10-14)23-17(27)11-20/h2-6,9-10H,7-8,11H2,1H3,(H,23,27). The maximum Gasteiger partial charge on any atom is 0.336 e. The van der Waals surface area contributed by atoms with Crippen LogP contribution in [-0.2, 0) is 9.53 Å². The topological polar surface area (TPSA) is 78.3 Å². The lowest BCUT2D eigenvalue weighted by Crippen LogP contribution is -2.12. The van der Waals surface area contributed by atoms with Crippen molar-refractivity contribution in [1.82, 2.24) is 14.8 Å². The lowest BCUT2D eigenvalue weighted by Gasteiger charge is -2.09. The van der Waals surface area contributed by atoms with Crippen LogP contribution in [0.4, 0.5) is 5.69 Å². The molecule has 0 saturated heterocycles. The van der Waals surface area contributed by atoms with Crippen LogP contribution < -0.4 is 10.1 Å². The zero-order valence-corrected chi connectivity index (χ0v) is 17.6. The molecule has 10 heteroatoms. The molecule has 0 saturated carbocycles. The van der Waals surface area contributed by atoms with Crippen molar-refractivity contribution in [2.75, 3.05) is 31.5 Å². The van der Waals surface area contributed by atoms with Gasteiger partial charge in [-0.1, -0.05) is 29.3 Å². The summed E-state index contributed by atoms with van der Waals surface area (Å²) in [5.74, 6) is 0.0482. The molecule has 0 unspecified atom stereocenters. The summed E-state index contributed by atoms with van der Waals surface area (Å²) in [6.45, 7) is 0.698. The first-order valence-corrected chi connectivity index (χ1v) is 9.81. The van der Waals surface area contributed by atoms with Crippen LogP contribution in [-0.4, -0.2) is 46.9 Å². The molecule has 0 aliphatic carbocycles. The van der Waals surface area contributed by atoms with E-state index in [0.717, 1.165) is 0 Å². The van der Waals surface area contributed by atoms with Crippen molar-refractivity contribution >= 4 is 46.4 Å². The zero-order chi connectivity index (χ0) is 20.8. The second-order valence-corrected chi connectivity index (χ2v) is 6.91. The number of methoxy groups -OCH3 is 1. The minimum Gasteiger partial charge on any atom is -0.460 e. The summed E-state index contributed by atoms with van der Waals surface area (Å²) in [6, 6.07) is 12.4. The van der Waals surface area contributed by atoms with Crippen molar-refractivity contribution < 1.29 is 14.3 Å². The van der Waals surface area contributed by atoms with E-state index in [1.165, 1.54) is 0 Å². The summed E-state index contributed by atoms with van der Waals surface area (Å²) in [4.78, 5) is 16.1. The third-order valence-electron chi connectivity index (χ3n) is 3.78. The molecule has 0 atom stereocenters. The molecular formula is C19H17Cl3N4O3. The van der Waals surface area contributed by atoms with Crippen LogP contribution in [0.25, 0.3) is 17.1 Å². The maximum atomic E-state index is 11.6. The number of halogens is 3. The van der Waals surface area contributed by atoms with Gasteiger partial charge < -0.3 is 14.8 Å². The van der Waals surface area contributed by atoms with Crippen molar-refractivity contribution in [3.05, 3.63) is 52.5 Å². The number of ether oxygens (including phenoxy) is 2. The Hall–Kier alpha value is -2.32. The first-order chi connectivity index (χ1) is 14.0. The lowest BCUT2D eigenvalue weighted by molar-refractivity contribution is -0.113. The summed E-state index contributed by atoms with van der Waals surface area (Å²) < 4.78 is 12.1. The van der Waals surface area contributed by atoms with Crippen LogP contribution in [0.3, 0.4) is 0 Å². The monoisotopic (exact) mass is 454 g/mol. The number of amides is 1. The Bertz CT molecular complexity index is 1010. The van der Waals surface area contributed by atoms with Crippen LogP contribution >= 0.6 is 34.8 Å². The van der Waals surface area contributed by atoms with Gasteiger partial charge in [0.05, 0.1) is 22.3 Å². The predicted octanol–water partition coefficient (Wildman–Crippen LogP) is 4.44. The normalized spacial score (nSPS) is 10.8. The van der Waals surface area contributed by atoms with E-state index in [2.05, 4.69) is 15.4 Å². The highest BCUT2D eigenvalue weighted by Gasteiger charge is 2.16. The van der Waals surface area contributed by atoms with Crippen LogP contribution in [0.1, 0.15) is 0 Å². The summed E-state index contributed by atoms with van der Waals surface area (Å²) >= 11 is 17.8. The van der Waals surface area contributed by atoms with Gasteiger partial charge in [-0.25, -0.2) is 4.68 Å². The number of hydrogen-bond donors (Lipinski definition) is 1. The molecule has 0 aliphatic heterocycles. The molecule has 0 radical (unpaired) electrons. The van der Waals surface area contributed by atoms with E-state index in [9.17, 15) is 4.79 Å². The quantitative estimate of drug-likeness (QED) is 0.401. The van der Waals surface area contributed by atoms with E-state index in [-0.39, 0.29) is 17.8 Å². The van der Waals surface area contributed by atoms with Crippen molar-refractivity contribution in [3.8, 4) is 23.1 Å². The van der Waals surface area contributed by atoms with Crippen LogP contribution in [0.2, 0.25) is 10.0 Å². The fraction of sp³-hybridized carbons (Fsp3) is 0.211. The number of anilines is 1. The SMILES string of the molecule is COCCOc1nc(-c2ccc(Cl)c(Cl)c2)n(-c2cccc(NC(=O)CCl)c2)n1. The van der Waals surface area contributed by atoms with Gasteiger partial charge >= 0.3 is 6.01 Å². The van der Waals surface area contributed by atoms with Gasteiger partial charge in [0.25, 0.3) is 0 Å². The first-order valence-electron chi connectivity index (χ1n) is 8.52. The van der Waals surface area contributed by atoms with Crippen LogP contribution in [0, 0.1) is 0 Å². The molecule has 7 nitrogen and oxygen atoms in total. The molecule has 1 aromatic heterocycles.